The molecule has 0 aliphatic heterocycles. The van der Waals surface area contributed by atoms with Gasteiger partial charge >= 0.3 is 0 Å². The summed E-state index contributed by atoms with van der Waals surface area (Å²) in [6.07, 6.45) is 0. The van der Waals surface area contributed by atoms with Crippen LogP contribution >= 0.6 is 0 Å². The summed E-state index contributed by atoms with van der Waals surface area (Å²) in [5.74, 6) is 0. The molecule has 0 heterocycles. The van der Waals surface area contributed by atoms with Gasteiger partial charge in [0, 0.05) is 0 Å². The van der Waals surface area contributed by atoms with Crippen LogP contribution in [-0.2, 0) is 0 Å². The van der Waals surface area contributed by atoms with Crippen LogP contribution in [0.2, 0.25) is 0 Å². The lowest BCUT2D eigenvalue weighted by Gasteiger charge is -1.85. The van der Waals surface area contributed by atoms with Crippen molar-refractivity contribution in [1.29, 1.82) is 0 Å². The van der Waals surface area contributed by atoms with Gasteiger partial charge in [-0.15, -0.1) is 6.58 Å². The number of hydrogen-bond acceptors (Lipinski definition) is 0. The Bertz CT molecular complexity index is 43.5. The van der Waals surface area contributed by atoms with Gasteiger partial charge in [0.2, 0.25) is 0 Å². The van der Waals surface area contributed by atoms with Crippen LogP contribution in [0, 0.1) is 0 Å². The molecule has 0 N–H and O–H groups in total. The average molecular weight is 75.3 g/mol. The zero-order chi connectivity index (χ0) is 4.99. The third-order valence-corrected chi connectivity index (χ3v) is 1.000. The van der Waals surface area contributed by atoms with Crippen LogP contribution in [0.15, 0.2) is 12.0 Å². The van der Waals surface area contributed by atoms with Crippen molar-refractivity contribution in [3.63, 3.8) is 0 Å². The maximum atomic E-state index is 3.79. The van der Waals surface area contributed by atoms with Crippen molar-refractivity contribution in [3.05, 3.63) is 12.0 Å². The standard InChI is InChI=1S/C2H8B4/c1-2(5-3)6-4/h5-6H,1,3-4H2. The van der Waals surface area contributed by atoms with Crippen LogP contribution in [0.3, 0.4) is 0 Å². The lowest BCUT2D eigenvalue weighted by Crippen LogP contribution is -2.02. The van der Waals surface area contributed by atoms with E-state index in [1.54, 1.807) is 0 Å². The smallest absolute Gasteiger partial charge is 0.0999 e. The van der Waals surface area contributed by atoms with E-state index in [1.807, 2.05) is 0 Å². The van der Waals surface area contributed by atoms with Gasteiger partial charge in [0.1, 0.15) is 0 Å². The predicted molar refractivity (Wildman–Crippen MR) is 40.5 cm³/mol. The van der Waals surface area contributed by atoms with Gasteiger partial charge in [-0.3, -0.25) is 0 Å². The Hall–Kier alpha value is -0.000260. The topological polar surface area (TPSA) is 0 Å². The van der Waals surface area contributed by atoms with Crippen molar-refractivity contribution in [1.82, 2.24) is 0 Å². The molecule has 4 heteroatoms. The van der Waals surface area contributed by atoms with Crippen LogP contribution < -0.4 is 0 Å². The molecular formula is C2H8B4. The Morgan fingerprint density at radius 1 is 1.33 bits per heavy atom. The number of rotatable bonds is 2. The van der Waals surface area contributed by atoms with E-state index in [-0.39, 0.29) is 0 Å². The molecule has 6 heavy (non-hydrogen) atoms. The summed E-state index contributed by atoms with van der Waals surface area (Å²) >= 11 is 0. The van der Waals surface area contributed by atoms with E-state index in [0.717, 1.165) is 14.3 Å². The first-order valence-corrected chi connectivity index (χ1v) is 2.47. The quantitative estimate of drug-likeness (QED) is 0.317. The molecule has 0 aromatic carbocycles. The van der Waals surface area contributed by atoms with Gasteiger partial charge in [-0.25, -0.2) is 0 Å². The van der Waals surface area contributed by atoms with Crippen LogP contribution in [0.5, 0.6) is 0 Å². The second-order valence-electron chi connectivity index (χ2n) is 1.46. The van der Waals surface area contributed by atoms with Gasteiger partial charge in [-0.1, -0.05) is 0 Å². The molecule has 0 aromatic heterocycles. The fourth-order valence-corrected chi connectivity index (χ4v) is 0.250. The van der Waals surface area contributed by atoms with Crippen molar-refractivity contribution >= 4 is 29.8 Å². The lowest BCUT2D eigenvalue weighted by atomic mass is 9.33. The SMILES string of the molecule is BBC(=C)BB. The van der Waals surface area contributed by atoms with Gasteiger partial charge in [-0.2, -0.15) is 5.37 Å². The molecule has 0 aliphatic rings. The summed E-state index contributed by atoms with van der Waals surface area (Å²) in [5.41, 5.74) is 0. The fraction of sp³-hybridized carbons (Fsp3) is 0. The molecule has 0 nitrogen and oxygen atoms in total. The van der Waals surface area contributed by atoms with Gasteiger partial charge < -0.3 is 0 Å². The van der Waals surface area contributed by atoms with Gasteiger partial charge in [0.25, 0.3) is 0 Å². The molecule has 0 aromatic rings. The molecule has 0 rings (SSSR count). The van der Waals surface area contributed by atoms with Crippen molar-refractivity contribution in [2.45, 2.75) is 0 Å². The molecule has 0 bridgehead atoms. The fourth-order valence-electron chi connectivity index (χ4n) is 0.250. The summed E-state index contributed by atoms with van der Waals surface area (Å²) in [7, 11) is 6.53. The zero-order valence-electron chi connectivity index (χ0n) is 4.62. The Balaban J connectivity index is 2.99. The van der Waals surface area contributed by atoms with Crippen LogP contribution in [0.25, 0.3) is 0 Å². The lowest BCUT2D eigenvalue weighted by molar-refractivity contribution is 2.41. The first-order valence-electron chi connectivity index (χ1n) is 2.47. The molecule has 0 unspecified atom stereocenters. The molecule has 28 valence electrons. The van der Waals surface area contributed by atoms with E-state index in [1.165, 1.54) is 5.37 Å². The first kappa shape index (κ1) is 6.00. The van der Waals surface area contributed by atoms with Crippen LogP contribution in [-0.4, -0.2) is 29.8 Å². The summed E-state index contributed by atoms with van der Waals surface area (Å²) in [5, 5.41) is 1.34. The highest BCUT2D eigenvalue weighted by molar-refractivity contribution is 7.09. The molecule has 0 radical (unpaired) electrons. The molecular weight excluding hydrogens is 67.3 g/mol. The van der Waals surface area contributed by atoms with Gasteiger partial charge in [0.15, 0.2) is 0 Å². The maximum Gasteiger partial charge on any atom is 0.0999 e. The summed E-state index contributed by atoms with van der Waals surface area (Å²) in [4.78, 5) is 0. The van der Waals surface area contributed by atoms with E-state index >= 15 is 0 Å². The molecule has 0 saturated carbocycles. The van der Waals surface area contributed by atoms with E-state index in [2.05, 4.69) is 22.1 Å². The molecule has 0 aliphatic carbocycles. The minimum atomic E-state index is 1.14. The highest BCUT2D eigenvalue weighted by Crippen LogP contribution is 1.72. The molecule has 0 amide bonds. The van der Waals surface area contributed by atoms with E-state index in [4.69, 9.17) is 0 Å². The summed E-state index contributed by atoms with van der Waals surface area (Å²) in [6, 6.07) is 0. The molecule has 0 atom stereocenters. The minimum Gasteiger partial charge on any atom is -0.161 e. The monoisotopic (exact) mass is 76.1 g/mol. The van der Waals surface area contributed by atoms with Crippen molar-refractivity contribution in [3.8, 4) is 0 Å². The van der Waals surface area contributed by atoms with Crippen LogP contribution in [0.1, 0.15) is 0 Å². The predicted octanol–water partition coefficient (Wildman–Crippen LogP) is -2.57. The largest absolute Gasteiger partial charge is 0.161 e. The zero-order valence-corrected chi connectivity index (χ0v) is 4.62. The normalized spacial score (nSPS) is 6.67. The summed E-state index contributed by atoms with van der Waals surface area (Å²) < 4.78 is 0. The Morgan fingerprint density at radius 3 is 1.67 bits per heavy atom. The van der Waals surface area contributed by atoms with Crippen LogP contribution in [0.4, 0.5) is 0 Å². The highest BCUT2D eigenvalue weighted by Gasteiger charge is 1.83. The number of hydrogen-bond donors (Lipinski definition) is 0. The third kappa shape index (κ3) is 2.25. The Kier molecular flexibility index (Phi) is 3.20. The van der Waals surface area contributed by atoms with Gasteiger partial charge in [0.05, 0.1) is 29.8 Å². The van der Waals surface area contributed by atoms with E-state index < -0.39 is 0 Å². The summed E-state index contributed by atoms with van der Waals surface area (Å²) in [6.45, 7) is 3.79. The van der Waals surface area contributed by atoms with Crippen molar-refractivity contribution < 1.29 is 0 Å². The highest BCUT2D eigenvalue weighted by atomic mass is 13.3. The molecule has 0 spiro atoms. The second-order valence-corrected chi connectivity index (χ2v) is 1.46. The van der Waals surface area contributed by atoms with E-state index in [9.17, 15) is 0 Å². The second kappa shape index (κ2) is 3.20. The average Bonchev–Trinajstić information content (AvgIpc) is 1.65. The molecule has 0 fully saturated rings. The molecule has 0 saturated heterocycles. The van der Waals surface area contributed by atoms with E-state index in [0.29, 0.717) is 0 Å². The Morgan fingerprint density at radius 2 is 1.67 bits per heavy atom. The van der Waals surface area contributed by atoms with Crippen molar-refractivity contribution in [2.24, 2.45) is 0 Å². The Labute approximate surface area is 42.7 Å². The third-order valence-electron chi connectivity index (χ3n) is 1.000. The van der Waals surface area contributed by atoms with Crippen molar-refractivity contribution in [2.75, 3.05) is 0 Å². The minimum absolute atomic E-state index is 1.14. The maximum absolute atomic E-state index is 3.79. The van der Waals surface area contributed by atoms with Gasteiger partial charge in [-0.05, 0) is 0 Å². The first-order chi connectivity index (χ1) is 2.81.